The van der Waals surface area contributed by atoms with E-state index in [0.29, 0.717) is 25.5 Å². The van der Waals surface area contributed by atoms with Crippen molar-refractivity contribution in [1.29, 1.82) is 0 Å². The summed E-state index contributed by atoms with van der Waals surface area (Å²) in [5.41, 5.74) is 2.56. The quantitative estimate of drug-likeness (QED) is 0.732. The Balaban J connectivity index is 2.26. The number of amides is 1. The molecule has 1 amide bonds. The summed E-state index contributed by atoms with van der Waals surface area (Å²) >= 11 is 0. The van der Waals surface area contributed by atoms with E-state index in [1.165, 1.54) is 11.1 Å². The zero-order chi connectivity index (χ0) is 14.1. The summed E-state index contributed by atoms with van der Waals surface area (Å²) in [6, 6.07) is 8.54. The van der Waals surface area contributed by atoms with Gasteiger partial charge in [-0.15, -0.1) is 0 Å². The Labute approximate surface area is 116 Å². The highest BCUT2D eigenvalue weighted by Gasteiger charge is 2.03. The number of benzene rings is 1. The molecule has 0 unspecified atom stereocenters. The summed E-state index contributed by atoms with van der Waals surface area (Å²) in [7, 11) is 1.67. The Bertz CT molecular complexity index is 371. The maximum Gasteiger partial charge on any atom is 0.220 e. The van der Waals surface area contributed by atoms with Crippen LogP contribution in [0.5, 0.6) is 0 Å². The number of methoxy groups -OCH3 is 1. The molecule has 0 bridgehead atoms. The lowest BCUT2D eigenvalue weighted by Gasteiger charge is -2.07. The molecule has 1 rings (SSSR count). The second kappa shape index (κ2) is 8.70. The van der Waals surface area contributed by atoms with Gasteiger partial charge in [-0.1, -0.05) is 38.1 Å². The summed E-state index contributed by atoms with van der Waals surface area (Å²) < 4.78 is 4.93. The highest BCUT2D eigenvalue weighted by molar-refractivity contribution is 5.76. The fourth-order valence-corrected chi connectivity index (χ4v) is 1.86. The largest absolute Gasteiger partial charge is 0.385 e. The van der Waals surface area contributed by atoms with Crippen molar-refractivity contribution in [3.8, 4) is 0 Å². The van der Waals surface area contributed by atoms with Gasteiger partial charge >= 0.3 is 0 Å². The van der Waals surface area contributed by atoms with E-state index in [4.69, 9.17) is 4.74 Å². The molecule has 0 heterocycles. The van der Waals surface area contributed by atoms with Crippen LogP contribution in [0.15, 0.2) is 24.3 Å². The van der Waals surface area contributed by atoms with Crippen LogP contribution in [0.25, 0.3) is 0 Å². The third-order valence-electron chi connectivity index (χ3n) is 3.13. The van der Waals surface area contributed by atoms with Gasteiger partial charge in [-0.3, -0.25) is 4.79 Å². The summed E-state index contributed by atoms with van der Waals surface area (Å²) in [6.07, 6.45) is 2.22. The molecule has 19 heavy (non-hydrogen) atoms. The number of carbonyl (C=O) groups is 1. The number of hydrogen-bond acceptors (Lipinski definition) is 2. The van der Waals surface area contributed by atoms with Gasteiger partial charge in [0.15, 0.2) is 0 Å². The van der Waals surface area contributed by atoms with E-state index in [9.17, 15) is 4.79 Å². The van der Waals surface area contributed by atoms with Crippen molar-refractivity contribution in [2.75, 3.05) is 20.3 Å². The van der Waals surface area contributed by atoms with Crippen molar-refractivity contribution in [2.24, 2.45) is 0 Å². The minimum absolute atomic E-state index is 0.115. The fraction of sp³-hybridized carbons (Fsp3) is 0.562. The van der Waals surface area contributed by atoms with Crippen LogP contribution in [-0.4, -0.2) is 26.2 Å². The van der Waals surface area contributed by atoms with E-state index in [1.807, 2.05) is 0 Å². The number of rotatable bonds is 8. The minimum Gasteiger partial charge on any atom is -0.385 e. The summed E-state index contributed by atoms with van der Waals surface area (Å²) in [5, 5.41) is 2.90. The molecule has 0 atom stereocenters. The number of nitrogens with one attached hydrogen (secondary N) is 1. The number of carbonyl (C=O) groups excluding carboxylic acids is 1. The molecular weight excluding hydrogens is 238 g/mol. The van der Waals surface area contributed by atoms with Gasteiger partial charge in [0.05, 0.1) is 0 Å². The molecule has 1 aromatic carbocycles. The van der Waals surface area contributed by atoms with E-state index in [-0.39, 0.29) is 5.91 Å². The van der Waals surface area contributed by atoms with Crippen molar-refractivity contribution in [2.45, 2.75) is 39.0 Å². The predicted octanol–water partition coefficient (Wildman–Crippen LogP) is 2.90. The molecule has 1 aromatic rings. The topological polar surface area (TPSA) is 38.3 Å². The second-order valence-corrected chi connectivity index (χ2v) is 5.09. The van der Waals surface area contributed by atoms with Crippen LogP contribution in [0.1, 0.15) is 43.7 Å². The molecule has 0 radical (unpaired) electrons. The Morgan fingerprint density at radius 1 is 1.26 bits per heavy atom. The molecule has 0 aromatic heterocycles. The van der Waals surface area contributed by atoms with Gasteiger partial charge in [0, 0.05) is 26.7 Å². The van der Waals surface area contributed by atoms with Crippen molar-refractivity contribution in [3.63, 3.8) is 0 Å². The molecule has 0 aliphatic rings. The summed E-state index contributed by atoms with van der Waals surface area (Å²) in [4.78, 5) is 11.6. The maximum atomic E-state index is 11.6. The van der Waals surface area contributed by atoms with Crippen molar-refractivity contribution < 1.29 is 9.53 Å². The Kier molecular flexibility index (Phi) is 7.19. The molecule has 3 heteroatoms. The van der Waals surface area contributed by atoms with Gasteiger partial charge in [-0.25, -0.2) is 0 Å². The molecule has 0 spiro atoms. The molecule has 0 saturated carbocycles. The summed E-state index contributed by atoms with van der Waals surface area (Å²) in [6.45, 7) is 5.75. The van der Waals surface area contributed by atoms with Crippen LogP contribution >= 0.6 is 0 Å². The third-order valence-corrected chi connectivity index (χ3v) is 3.13. The standard InChI is InChI=1S/C16H25NO2/c1-13(2)15-8-5-14(6-9-15)7-10-16(18)17-11-4-12-19-3/h5-6,8-9,13H,4,7,10-12H2,1-3H3,(H,17,18). The molecule has 0 saturated heterocycles. The third kappa shape index (κ3) is 6.39. The van der Waals surface area contributed by atoms with E-state index < -0.39 is 0 Å². The lowest BCUT2D eigenvalue weighted by atomic mass is 10.0. The number of ether oxygens (including phenoxy) is 1. The first-order valence-electron chi connectivity index (χ1n) is 6.98. The van der Waals surface area contributed by atoms with Crippen molar-refractivity contribution in [3.05, 3.63) is 35.4 Å². The summed E-state index contributed by atoms with van der Waals surface area (Å²) in [5.74, 6) is 0.669. The first kappa shape index (κ1) is 15.7. The minimum atomic E-state index is 0.115. The normalized spacial score (nSPS) is 10.7. The number of aryl methyl sites for hydroxylation is 1. The molecule has 0 aliphatic carbocycles. The van der Waals surface area contributed by atoms with Crippen LogP contribution in [0.4, 0.5) is 0 Å². The van der Waals surface area contributed by atoms with Crippen LogP contribution < -0.4 is 5.32 Å². The average Bonchev–Trinajstić information content (AvgIpc) is 2.42. The molecule has 106 valence electrons. The monoisotopic (exact) mass is 263 g/mol. The van der Waals surface area contributed by atoms with Gasteiger partial charge in [0.25, 0.3) is 0 Å². The Morgan fingerprint density at radius 3 is 2.53 bits per heavy atom. The molecule has 3 nitrogen and oxygen atoms in total. The fourth-order valence-electron chi connectivity index (χ4n) is 1.86. The highest BCUT2D eigenvalue weighted by atomic mass is 16.5. The second-order valence-electron chi connectivity index (χ2n) is 5.09. The van der Waals surface area contributed by atoms with Crippen molar-refractivity contribution in [1.82, 2.24) is 5.32 Å². The lowest BCUT2D eigenvalue weighted by Crippen LogP contribution is -2.25. The van der Waals surface area contributed by atoms with E-state index >= 15 is 0 Å². The van der Waals surface area contributed by atoms with Crippen LogP contribution in [0.3, 0.4) is 0 Å². The number of hydrogen-bond donors (Lipinski definition) is 1. The first-order valence-corrected chi connectivity index (χ1v) is 6.98. The SMILES string of the molecule is COCCCNC(=O)CCc1ccc(C(C)C)cc1. The highest BCUT2D eigenvalue weighted by Crippen LogP contribution is 2.15. The van der Waals surface area contributed by atoms with Gasteiger partial charge in [0.1, 0.15) is 0 Å². The zero-order valence-corrected chi connectivity index (χ0v) is 12.2. The lowest BCUT2D eigenvalue weighted by molar-refractivity contribution is -0.121. The van der Waals surface area contributed by atoms with Crippen LogP contribution in [0.2, 0.25) is 0 Å². The average molecular weight is 263 g/mol. The van der Waals surface area contributed by atoms with E-state index in [1.54, 1.807) is 7.11 Å². The van der Waals surface area contributed by atoms with Gasteiger partial charge < -0.3 is 10.1 Å². The smallest absolute Gasteiger partial charge is 0.220 e. The Hall–Kier alpha value is -1.35. The Morgan fingerprint density at radius 2 is 1.95 bits per heavy atom. The van der Waals surface area contributed by atoms with Gasteiger partial charge in [-0.2, -0.15) is 0 Å². The van der Waals surface area contributed by atoms with E-state index in [0.717, 1.165) is 12.8 Å². The van der Waals surface area contributed by atoms with Crippen LogP contribution in [-0.2, 0) is 16.0 Å². The van der Waals surface area contributed by atoms with Gasteiger partial charge in [0.2, 0.25) is 5.91 Å². The zero-order valence-electron chi connectivity index (χ0n) is 12.2. The molecule has 0 fully saturated rings. The van der Waals surface area contributed by atoms with Crippen LogP contribution in [0, 0.1) is 0 Å². The predicted molar refractivity (Wildman–Crippen MR) is 78.4 cm³/mol. The van der Waals surface area contributed by atoms with Crippen molar-refractivity contribution >= 4 is 5.91 Å². The molecule has 1 N–H and O–H groups in total. The first-order chi connectivity index (χ1) is 9.13. The van der Waals surface area contributed by atoms with E-state index in [2.05, 4.69) is 43.4 Å². The maximum absolute atomic E-state index is 11.6. The molecular formula is C16H25NO2. The van der Waals surface area contributed by atoms with Gasteiger partial charge in [-0.05, 0) is 29.9 Å². The molecule has 0 aliphatic heterocycles.